The molecule has 0 aliphatic carbocycles. The van der Waals surface area contributed by atoms with Crippen LogP contribution < -0.4 is 5.32 Å². The molecule has 0 bridgehead atoms. The monoisotopic (exact) mass is 281 g/mol. The van der Waals surface area contributed by atoms with Crippen molar-refractivity contribution in [2.75, 3.05) is 7.05 Å². The van der Waals surface area contributed by atoms with Crippen molar-refractivity contribution in [3.05, 3.63) is 59.6 Å². The summed E-state index contributed by atoms with van der Waals surface area (Å²) in [5.74, 6) is 1.80. The van der Waals surface area contributed by atoms with Crippen LogP contribution in [-0.2, 0) is 6.54 Å². The van der Waals surface area contributed by atoms with Crippen molar-refractivity contribution in [2.45, 2.75) is 20.4 Å². The van der Waals surface area contributed by atoms with Gasteiger partial charge in [-0.05, 0) is 45.2 Å². The fourth-order valence-corrected chi connectivity index (χ4v) is 2.60. The van der Waals surface area contributed by atoms with E-state index in [1.807, 2.05) is 49.0 Å². The molecule has 0 spiro atoms. The van der Waals surface area contributed by atoms with E-state index in [1.54, 1.807) is 0 Å². The molecule has 1 aromatic carbocycles. The van der Waals surface area contributed by atoms with E-state index in [2.05, 4.69) is 29.5 Å². The van der Waals surface area contributed by atoms with E-state index < -0.39 is 0 Å². The molecule has 4 nitrogen and oxygen atoms in total. The number of para-hydroxylation sites is 1. The molecule has 0 saturated carbocycles. The van der Waals surface area contributed by atoms with Gasteiger partial charge in [0.15, 0.2) is 0 Å². The average Bonchev–Trinajstić information content (AvgIpc) is 3.05. The molecule has 0 aliphatic heterocycles. The van der Waals surface area contributed by atoms with Crippen LogP contribution in [-0.4, -0.2) is 16.8 Å². The minimum absolute atomic E-state index is 0.727. The topological polar surface area (TPSA) is 43.0 Å². The zero-order chi connectivity index (χ0) is 14.8. The van der Waals surface area contributed by atoms with Crippen LogP contribution in [0, 0.1) is 13.8 Å². The van der Waals surface area contributed by atoms with Gasteiger partial charge in [0.2, 0.25) is 0 Å². The van der Waals surface area contributed by atoms with E-state index in [9.17, 15) is 0 Å². The Balaban J connectivity index is 2.05. The standard InChI is InChI=1S/C17H19N3O/c1-12-17(16-10-9-15(21-16)11-18-3)13(2)20(19-12)14-7-5-4-6-8-14/h4-10,18H,11H2,1-3H3. The Bertz CT molecular complexity index is 741. The highest BCUT2D eigenvalue weighted by molar-refractivity contribution is 5.64. The lowest BCUT2D eigenvalue weighted by Crippen LogP contribution is -2.03. The minimum atomic E-state index is 0.727. The zero-order valence-electron chi connectivity index (χ0n) is 12.6. The summed E-state index contributed by atoms with van der Waals surface area (Å²) in [7, 11) is 1.91. The quantitative estimate of drug-likeness (QED) is 0.796. The Kier molecular flexibility index (Phi) is 3.62. The summed E-state index contributed by atoms with van der Waals surface area (Å²) in [6.07, 6.45) is 0. The third-order valence-corrected chi connectivity index (χ3v) is 3.55. The van der Waals surface area contributed by atoms with Crippen LogP contribution in [0.3, 0.4) is 0 Å². The minimum Gasteiger partial charge on any atom is -0.460 e. The molecule has 2 aromatic heterocycles. The molecule has 2 heterocycles. The molecule has 0 amide bonds. The molecule has 3 rings (SSSR count). The Morgan fingerprint density at radius 1 is 1.10 bits per heavy atom. The highest BCUT2D eigenvalue weighted by Gasteiger charge is 2.17. The summed E-state index contributed by atoms with van der Waals surface area (Å²) >= 11 is 0. The number of hydrogen-bond donors (Lipinski definition) is 1. The van der Waals surface area contributed by atoms with E-state index in [0.29, 0.717) is 0 Å². The van der Waals surface area contributed by atoms with Crippen molar-refractivity contribution in [3.63, 3.8) is 0 Å². The highest BCUT2D eigenvalue weighted by Crippen LogP contribution is 2.30. The number of aromatic nitrogens is 2. The lowest BCUT2D eigenvalue weighted by molar-refractivity contribution is 0.506. The second kappa shape index (κ2) is 5.58. The molecule has 21 heavy (non-hydrogen) atoms. The number of nitrogens with zero attached hydrogens (tertiary/aromatic N) is 2. The van der Waals surface area contributed by atoms with E-state index in [0.717, 1.165) is 40.7 Å². The number of furan rings is 1. The lowest BCUT2D eigenvalue weighted by Gasteiger charge is -2.04. The third kappa shape index (κ3) is 2.50. The summed E-state index contributed by atoms with van der Waals surface area (Å²) in [4.78, 5) is 0. The summed E-state index contributed by atoms with van der Waals surface area (Å²) in [6.45, 7) is 4.82. The molecule has 0 saturated heterocycles. The number of hydrogen-bond acceptors (Lipinski definition) is 3. The van der Waals surface area contributed by atoms with Crippen molar-refractivity contribution in [1.82, 2.24) is 15.1 Å². The molecule has 0 unspecified atom stereocenters. The van der Waals surface area contributed by atoms with Crippen molar-refractivity contribution in [2.24, 2.45) is 0 Å². The molecule has 0 atom stereocenters. The predicted octanol–water partition coefficient (Wildman–Crippen LogP) is 3.47. The van der Waals surface area contributed by atoms with Gasteiger partial charge in [0.05, 0.1) is 29.2 Å². The van der Waals surface area contributed by atoms with Crippen LogP contribution in [0.1, 0.15) is 17.1 Å². The van der Waals surface area contributed by atoms with Gasteiger partial charge in [-0.1, -0.05) is 18.2 Å². The number of aryl methyl sites for hydroxylation is 1. The summed E-state index contributed by atoms with van der Waals surface area (Å²) in [5, 5.41) is 7.75. The van der Waals surface area contributed by atoms with E-state index in [-0.39, 0.29) is 0 Å². The van der Waals surface area contributed by atoms with Gasteiger partial charge < -0.3 is 9.73 Å². The molecule has 3 aromatic rings. The van der Waals surface area contributed by atoms with E-state index in [4.69, 9.17) is 4.42 Å². The maximum absolute atomic E-state index is 5.91. The van der Waals surface area contributed by atoms with Gasteiger partial charge in [-0.15, -0.1) is 0 Å². The predicted molar refractivity (Wildman–Crippen MR) is 83.5 cm³/mol. The molecule has 0 fully saturated rings. The number of nitrogens with one attached hydrogen (secondary N) is 1. The summed E-state index contributed by atoms with van der Waals surface area (Å²) in [5.41, 5.74) is 4.19. The maximum Gasteiger partial charge on any atom is 0.138 e. The zero-order valence-corrected chi connectivity index (χ0v) is 12.6. The Morgan fingerprint density at radius 3 is 2.57 bits per heavy atom. The Hall–Kier alpha value is -2.33. The first-order valence-electron chi connectivity index (χ1n) is 7.06. The van der Waals surface area contributed by atoms with Gasteiger partial charge in [0.1, 0.15) is 11.5 Å². The van der Waals surface area contributed by atoms with Crippen LogP contribution in [0.2, 0.25) is 0 Å². The third-order valence-electron chi connectivity index (χ3n) is 3.55. The molecular formula is C17H19N3O. The van der Waals surface area contributed by atoms with Gasteiger partial charge >= 0.3 is 0 Å². The van der Waals surface area contributed by atoms with Crippen molar-refractivity contribution in [1.29, 1.82) is 0 Å². The first-order valence-corrected chi connectivity index (χ1v) is 7.06. The lowest BCUT2D eigenvalue weighted by atomic mass is 10.1. The van der Waals surface area contributed by atoms with Crippen LogP contribution >= 0.6 is 0 Å². The van der Waals surface area contributed by atoms with Crippen molar-refractivity contribution in [3.8, 4) is 17.0 Å². The fraction of sp³-hybridized carbons (Fsp3) is 0.235. The smallest absolute Gasteiger partial charge is 0.138 e. The molecule has 108 valence electrons. The van der Waals surface area contributed by atoms with E-state index in [1.165, 1.54) is 0 Å². The van der Waals surface area contributed by atoms with Crippen LogP contribution in [0.4, 0.5) is 0 Å². The van der Waals surface area contributed by atoms with Gasteiger partial charge in [0.25, 0.3) is 0 Å². The number of benzene rings is 1. The van der Waals surface area contributed by atoms with Crippen LogP contribution in [0.15, 0.2) is 46.9 Å². The van der Waals surface area contributed by atoms with Crippen molar-refractivity contribution < 1.29 is 4.42 Å². The largest absolute Gasteiger partial charge is 0.460 e. The molecular weight excluding hydrogens is 262 g/mol. The van der Waals surface area contributed by atoms with Crippen molar-refractivity contribution >= 4 is 0 Å². The Labute approximate surface area is 124 Å². The van der Waals surface area contributed by atoms with Crippen LogP contribution in [0.5, 0.6) is 0 Å². The van der Waals surface area contributed by atoms with Gasteiger partial charge in [-0.25, -0.2) is 4.68 Å². The average molecular weight is 281 g/mol. The highest BCUT2D eigenvalue weighted by atomic mass is 16.3. The molecule has 0 radical (unpaired) electrons. The Morgan fingerprint density at radius 2 is 1.86 bits per heavy atom. The maximum atomic E-state index is 5.91. The SMILES string of the molecule is CNCc1ccc(-c2c(C)nn(-c3ccccc3)c2C)o1. The molecule has 1 N–H and O–H groups in total. The van der Waals surface area contributed by atoms with Gasteiger partial charge in [-0.3, -0.25) is 0 Å². The van der Waals surface area contributed by atoms with E-state index >= 15 is 0 Å². The number of rotatable bonds is 4. The molecule has 0 aliphatic rings. The second-order valence-electron chi connectivity index (χ2n) is 5.09. The molecule has 4 heteroatoms. The van der Waals surface area contributed by atoms with Gasteiger partial charge in [-0.2, -0.15) is 5.10 Å². The first-order chi connectivity index (χ1) is 10.2. The normalized spacial score (nSPS) is 11.0. The summed E-state index contributed by atoms with van der Waals surface area (Å²) < 4.78 is 7.87. The fourth-order valence-electron chi connectivity index (χ4n) is 2.60. The summed E-state index contributed by atoms with van der Waals surface area (Å²) in [6, 6.07) is 14.2. The second-order valence-corrected chi connectivity index (χ2v) is 5.09. The first kappa shape index (κ1) is 13.6. The van der Waals surface area contributed by atoms with Crippen LogP contribution in [0.25, 0.3) is 17.0 Å². The van der Waals surface area contributed by atoms with Gasteiger partial charge in [0, 0.05) is 0 Å².